The molecule has 0 aromatic heterocycles. The monoisotopic (exact) mass is 97.1 g/mol. The summed E-state index contributed by atoms with van der Waals surface area (Å²) in [5.41, 5.74) is 0. The van der Waals surface area contributed by atoms with Gasteiger partial charge < -0.3 is 5.11 Å². The van der Waals surface area contributed by atoms with Gasteiger partial charge in [-0.1, -0.05) is 18.2 Å². The van der Waals surface area contributed by atoms with Gasteiger partial charge in [0.2, 0.25) is 0 Å². The van der Waals surface area contributed by atoms with Gasteiger partial charge in [-0.2, -0.15) is 0 Å². The number of aliphatic hydroxyl groups excluding tert-OH is 1. The molecule has 0 spiro atoms. The van der Waals surface area contributed by atoms with Crippen LogP contribution in [-0.4, -0.2) is 5.11 Å². The Hall–Kier alpha value is -0.560. The summed E-state index contributed by atoms with van der Waals surface area (Å²) in [6, 6.07) is 0. The highest BCUT2D eigenvalue weighted by Gasteiger charge is 1.64. The van der Waals surface area contributed by atoms with Crippen LogP contribution in [0.15, 0.2) is 24.8 Å². The molecule has 0 aromatic rings. The van der Waals surface area contributed by atoms with Crippen molar-refractivity contribution in [2.75, 3.05) is 0 Å². The van der Waals surface area contributed by atoms with Crippen LogP contribution in [0.4, 0.5) is 0 Å². The molecule has 7 heavy (non-hydrogen) atoms. The largest absolute Gasteiger partial charge is 0.386 e. The summed E-state index contributed by atoms with van der Waals surface area (Å²) in [5, 5.41) is 8.05. The average molecular weight is 97.1 g/mol. The Kier molecular flexibility index (Phi) is 5.00. The van der Waals surface area contributed by atoms with Crippen molar-refractivity contribution in [2.24, 2.45) is 0 Å². The van der Waals surface area contributed by atoms with Gasteiger partial charge in [-0.15, -0.1) is 6.58 Å². The molecule has 0 aliphatic heterocycles. The van der Waals surface area contributed by atoms with E-state index in [1.807, 2.05) is 6.08 Å². The normalized spacial score (nSPS) is 9.86. The van der Waals surface area contributed by atoms with Crippen LogP contribution in [0.1, 0.15) is 6.42 Å². The predicted molar refractivity (Wildman–Crippen MR) is 30.2 cm³/mol. The number of hydrogen-bond acceptors (Lipinski definition) is 1. The second kappa shape index (κ2) is 5.44. The van der Waals surface area contributed by atoms with Crippen LogP contribution in [0.2, 0.25) is 0 Å². The fraction of sp³-hybridized carbons (Fsp3) is 0.167. The van der Waals surface area contributed by atoms with Crippen molar-refractivity contribution in [3.8, 4) is 0 Å². The van der Waals surface area contributed by atoms with Gasteiger partial charge in [0.05, 0.1) is 0 Å². The Balaban J connectivity index is 2.92. The lowest BCUT2D eigenvalue weighted by molar-refractivity contribution is 0.420. The molecule has 0 fully saturated rings. The van der Waals surface area contributed by atoms with Crippen molar-refractivity contribution < 1.29 is 5.11 Å². The Morgan fingerprint density at radius 1 is 1.57 bits per heavy atom. The third kappa shape index (κ3) is 5.44. The maximum absolute atomic E-state index is 8.05. The molecular weight excluding hydrogens is 88.1 g/mol. The molecule has 0 aromatic carbocycles. The Bertz CT molecular complexity index is 64.6. The van der Waals surface area contributed by atoms with Gasteiger partial charge in [0.15, 0.2) is 0 Å². The van der Waals surface area contributed by atoms with Crippen molar-refractivity contribution in [3.63, 3.8) is 0 Å². The third-order valence-corrected chi connectivity index (χ3v) is 0.525. The highest BCUT2D eigenvalue weighted by Crippen LogP contribution is 1.82. The van der Waals surface area contributed by atoms with Crippen molar-refractivity contribution in [1.29, 1.82) is 0 Å². The first-order chi connectivity index (χ1) is 3.41. The summed E-state index contributed by atoms with van der Waals surface area (Å²) in [5.74, 6) is 0. The van der Waals surface area contributed by atoms with Crippen LogP contribution in [0.5, 0.6) is 0 Å². The lowest BCUT2D eigenvalue weighted by Gasteiger charge is -1.74. The van der Waals surface area contributed by atoms with Gasteiger partial charge in [0.1, 0.15) is 6.61 Å². The van der Waals surface area contributed by atoms with E-state index in [1.54, 1.807) is 12.2 Å². The van der Waals surface area contributed by atoms with Gasteiger partial charge >= 0.3 is 0 Å². The molecule has 1 N–H and O–H groups in total. The SMILES string of the molecule is C=CCC=C[CH]O. The first kappa shape index (κ1) is 6.44. The number of aliphatic hydroxyl groups is 1. The van der Waals surface area contributed by atoms with Gasteiger partial charge in [-0.25, -0.2) is 0 Å². The lowest BCUT2D eigenvalue weighted by atomic mass is 10.4. The molecule has 0 amide bonds. The smallest absolute Gasteiger partial charge is 0.102 e. The van der Waals surface area contributed by atoms with E-state index in [2.05, 4.69) is 6.58 Å². The Morgan fingerprint density at radius 2 is 2.29 bits per heavy atom. The maximum atomic E-state index is 8.05. The van der Waals surface area contributed by atoms with E-state index in [0.717, 1.165) is 13.0 Å². The molecule has 39 valence electrons. The molecule has 0 unspecified atom stereocenters. The summed E-state index contributed by atoms with van der Waals surface area (Å²) < 4.78 is 0. The standard InChI is InChI=1S/C6H9O/c1-2-3-4-5-6-7/h2,4-7H,1,3H2. The topological polar surface area (TPSA) is 20.2 Å². The number of hydrogen-bond donors (Lipinski definition) is 1. The zero-order valence-electron chi connectivity index (χ0n) is 4.17. The van der Waals surface area contributed by atoms with Crippen LogP contribution in [0, 0.1) is 6.61 Å². The first-order valence-corrected chi connectivity index (χ1v) is 2.15. The zero-order valence-corrected chi connectivity index (χ0v) is 4.17. The van der Waals surface area contributed by atoms with Gasteiger partial charge in [0.25, 0.3) is 0 Å². The summed E-state index contributed by atoms with van der Waals surface area (Å²) in [7, 11) is 0. The Labute approximate surface area is 44.0 Å². The van der Waals surface area contributed by atoms with Crippen LogP contribution in [0.25, 0.3) is 0 Å². The average Bonchev–Trinajstić information content (AvgIpc) is 1.69. The predicted octanol–water partition coefficient (Wildman–Crippen LogP) is 1.65. The molecule has 0 atom stereocenters. The second-order valence-electron chi connectivity index (χ2n) is 1.10. The minimum atomic E-state index is 0.817. The molecule has 0 heterocycles. The number of allylic oxidation sites excluding steroid dienone is 2. The van der Waals surface area contributed by atoms with E-state index < -0.39 is 0 Å². The van der Waals surface area contributed by atoms with E-state index in [0.29, 0.717) is 0 Å². The van der Waals surface area contributed by atoms with Crippen molar-refractivity contribution in [1.82, 2.24) is 0 Å². The highest BCUT2D eigenvalue weighted by atomic mass is 16.2. The molecule has 0 bridgehead atoms. The van der Waals surface area contributed by atoms with E-state index in [4.69, 9.17) is 5.11 Å². The van der Waals surface area contributed by atoms with E-state index in [9.17, 15) is 0 Å². The minimum Gasteiger partial charge on any atom is -0.386 e. The summed E-state index contributed by atoms with van der Waals surface area (Å²) in [6.45, 7) is 4.49. The van der Waals surface area contributed by atoms with Crippen molar-refractivity contribution in [2.45, 2.75) is 6.42 Å². The first-order valence-electron chi connectivity index (χ1n) is 2.15. The van der Waals surface area contributed by atoms with Crippen LogP contribution in [0.3, 0.4) is 0 Å². The fourth-order valence-corrected chi connectivity index (χ4v) is 0.236. The molecule has 1 heteroatoms. The van der Waals surface area contributed by atoms with E-state index >= 15 is 0 Å². The van der Waals surface area contributed by atoms with Crippen molar-refractivity contribution >= 4 is 0 Å². The van der Waals surface area contributed by atoms with Gasteiger partial charge in [-0.3, -0.25) is 0 Å². The number of rotatable bonds is 3. The van der Waals surface area contributed by atoms with Crippen molar-refractivity contribution in [3.05, 3.63) is 31.4 Å². The molecule has 0 rings (SSSR count). The summed E-state index contributed by atoms with van der Waals surface area (Å²) >= 11 is 0. The fourth-order valence-electron chi connectivity index (χ4n) is 0.236. The molecule has 1 radical (unpaired) electrons. The van der Waals surface area contributed by atoms with Crippen LogP contribution < -0.4 is 0 Å². The highest BCUT2D eigenvalue weighted by molar-refractivity contribution is 4.92. The van der Waals surface area contributed by atoms with Gasteiger partial charge in [0, 0.05) is 0 Å². The second-order valence-corrected chi connectivity index (χ2v) is 1.10. The Morgan fingerprint density at radius 3 is 2.71 bits per heavy atom. The minimum absolute atomic E-state index is 0.817. The van der Waals surface area contributed by atoms with Crippen LogP contribution >= 0.6 is 0 Å². The summed E-state index contributed by atoms with van der Waals surface area (Å²) in [4.78, 5) is 0. The maximum Gasteiger partial charge on any atom is 0.102 e. The molecule has 0 saturated carbocycles. The summed E-state index contributed by atoms with van der Waals surface area (Å²) in [6.07, 6.45) is 5.96. The van der Waals surface area contributed by atoms with E-state index in [1.165, 1.54) is 0 Å². The third-order valence-electron chi connectivity index (χ3n) is 0.525. The molecule has 0 aliphatic carbocycles. The van der Waals surface area contributed by atoms with E-state index in [-0.39, 0.29) is 0 Å². The molecule has 1 nitrogen and oxygen atoms in total. The molecular formula is C6H9O. The quantitative estimate of drug-likeness (QED) is 0.531. The zero-order chi connectivity index (χ0) is 5.54. The molecule has 0 aliphatic rings. The lowest BCUT2D eigenvalue weighted by Crippen LogP contribution is -1.59. The van der Waals surface area contributed by atoms with Crippen LogP contribution in [-0.2, 0) is 0 Å². The molecule has 0 saturated heterocycles. The van der Waals surface area contributed by atoms with Gasteiger partial charge in [-0.05, 0) is 6.42 Å².